The Kier molecular flexibility index (Phi) is 4.35. The van der Waals surface area contributed by atoms with Gasteiger partial charge >= 0.3 is 12.1 Å². The number of carbonyl (C=O) groups is 1. The van der Waals surface area contributed by atoms with Crippen LogP contribution in [0.5, 0.6) is 0 Å². The molecule has 0 saturated carbocycles. The van der Waals surface area contributed by atoms with E-state index in [1.165, 1.54) is 35.4 Å². The molecule has 0 saturated heterocycles. The van der Waals surface area contributed by atoms with E-state index in [0.717, 1.165) is 11.9 Å². The van der Waals surface area contributed by atoms with Gasteiger partial charge in [0.25, 0.3) is 0 Å². The number of hydrogen-bond donors (Lipinski definition) is 1. The average molecular weight is 369 g/mol. The maximum absolute atomic E-state index is 13.2. The molecule has 2 heterocycles. The topological polar surface area (TPSA) is 56.1 Å². The van der Waals surface area contributed by atoms with Crippen LogP contribution in [0.2, 0.25) is 0 Å². The zero-order valence-corrected chi connectivity index (χ0v) is 13.9. The van der Waals surface area contributed by atoms with E-state index in [2.05, 4.69) is 4.99 Å². The summed E-state index contributed by atoms with van der Waals surface area (Å²) in [6.07, 6.45) is -2.99. The molecule has 2 aliphatic rings. The Morgan fingerprint density at radius 2 is 1.88 bits per heavy atom. The number of fused-ring (bicyclic) bond motifs is 1. The van der Waals surface area contributed by atoms with Crippen LogP contribution in [0.4, 0.5) is 17.6 Å². The molecule has 0 aromatic heterocycles. The van der Waals surface area contributed by atoms with Gasteiger partial charge in [0.2, 0.25) is 0 Å². The number of nitrogens with zero attached hydrogens (tertiary/aromatic N) is 3. The van der Waals surface area contributed by atoms with Crippen molar-refractivity contribution in [3.05, 3.63) is 58.8 Å². The summed E-state index contributed by atoms with van der Waals surface area (Å²) in [5.74, 6) is -1.84. The molecule has 26 heavy (non-hydrogen) atoms. The van der Waals surface area contributed by atoms with Crippen LogP contribution in [-0.4, -0.2) is 45.6 Å². The van der Waals surface area contributed by atoms with E-state index < -0.39 is 30.5 Å². The number of aliphatic imine (C=N–C) groups is 1. The Balaban J connectivity index is 2.06. The van der Waals surface area contributed by atoms with Gasteiger partial charge in [0.1, 0.15) is 11.9 Å². The predicted molar refractivity (Wildman–Crippen MR) is 85.4 cm³/mol. The van der Waals surface area contributed by atoms with Gasteiger partial charge < -0.3 is 5.11 Å². The van der Waals surface area contributed by atoms with E-state index in [0.29, 0.717) is 17.0 Å². The van der Waals surface area contributed by atoms with Gasteiger partial charge in [0, 0.05) is 11.3 Å². The highest BCUT2D eigenvalue weighted by Crippen LogP contribution is 2.37. The summed E-state index contributed by atoms with van der Waals surface area (Å²) in [6, 6.07) is 3.51. The zero-order valence-electron chi connectivity index (χ0n) is 13.9. The molecule has 138 valence electrons. The van der Waals surface area contributed by atoms with Gasteiger partial charge in [0.15, 0.2) is 5.82 Å². The fourth-order valence-corrected chi connectivity index (χ4v) is 2.85. The van der Waals surface area contributed by atoms with Gasteiger partial charge in [-0.1, -0.05) is 0 Å². The lowest BCUT2D eigenvalue weighted by Gasteiger charge is -2.37. The van der Waals surface area contributed by atoms with E-state index in [1.807, 2.05) is 0 Å². The molecule has 3 rings (SSSR count). The highest BCUT2D eigenvalue weighted by molar-refractivity contribution is 6.10. The molecule has 0 aliphatic carbocycles. The third-order valence-corrected chi connectivity index (χ3v) is 4.27. The molecule has 9 heteroatoms. The summed E-state index contributed by atoms with van der Waals surface area (Å²) in [4.78, 5) is 15.8. The van der Waals surface area contributed by atoms with E-state index in [9.17, 15) is 27.5 Å². The number of carboxylic acid groups (broad SMARTS) is 1. The first kappa shape index (κ1) is 18.1. The Morgan fingerprint density at radius 1 is 1.27 bits per heavy atom. The van der Waals surface area contributed by atoms with E-state index in [1.54, 1.807) is 6.92 Å². The quantitative estimate of drug-likeness (QED) is 0.831. The number of carboxylic acids is 1. The van der Waals surface area contributed by atoms with E-state index >= 15 is 0 Å². The van der Waals surface area contributed by atoms with Crippen LogP contribution in [0.25, 0.3) is 0 Å². The van der Waals surface area contributed by atoms with Crippen LogP contribution in [0.1, 0.15) is 19.4 Å². The lowest BCUT2D eigenvalue weighted by molar-refractivity contribution is -0.201. The fraction of sp³-hybridized carbons (Fsp3) is 0.294. The second kappa shape index (κ2) is 6.24. The molecule has 2 aliphatic heterocycles. The van der Waals surface area contributed by atoms with E-state index in [4.69, 9.17) is 0 Å². The van der Waals surface area contributed by atoms with Crippen molar-refractivity contribution >= 4 is 11.7 Å². The number of hydrazine groups is 1. The standard InChI is InChI=1S/C17H15F4N3O2/c1-9-7-14(11-3-5-12(18)6-4-11)22-15-13(16(25)26)8-23(24(9)15)10(2)17(19,20)21/h3-7,10H,8H2,1-2H3,(H,25,26)/t10-/m1/s1. The number of aliphatic carboxylic acids is 1. The van der Waals surface area contributed by atoms with Crippen molar-refractivity contribution in [2.24, 2.45) is 4.99 Å². The van der Waals surface area contributed by atoms with Crippen LogP contribution in [0.3, 0.4) is 0 Å². The van der Waals surface area contributed by atoms with Crippen LogP contribution in [-0.2, 0) is 4.79 Å². The third-order valence-electron chi connectivity index (χ3n) is 4.27. The summed E-state index contributed by atoms with van der Waals surface area (Å²) < 4.78 is 52.6. The first-order valence-corrected chi connectivity index (χ1v) is 7.72. The van der Waals surface area contributed by atoms with Gasteiger partial charge in [-0.2, -0.15) is 18.2 Å². The molecular formula is C17H15F4N3O2. The van der Waals surface area contributed by atoms with Crippen molar-refractivity contribution in [3.63, 3.8) is 0 Å². The van der Waals surface area contributed by atoms with Crippen molar-refractivity contribution in [2.45, 2.75) is 26.1 Å². The molecule has 1 aromatic carbocycles. The van der Waals surface area contributed by atoms with Crippen LogP contribution in [0.15, 0.2) is 52.4 Å². The van der Waals surface area contributed by atoms with Crippen molar-refractivity contribution in [2.75, 3.05) is 6.54 Å². The summed E-state index contributed by atoms with van der Waals surface area (Å²) >= 11 is 0. The summed E-state index contributed by atoms with van der Waals surface area (Å²) in [5.41, 5.74) is 1.05. The normalized spacial score (nSPS) is 19.2. The largest absolute Gasteiger partial charge is 0.478 e. The first-order chi connectivity index (χ1) is 12.1. The van der Waals surface area contributed by atoms with Crippen LogP contribution in [0, 0.1) is 5.82 Å². The maximum Gasteiger partial charge on any atom is 0.405 e. The number of halogens is 4. The molecule has 1 aromatic rings. The van der Waals surface area contributed by atoms with Gasteiger partial charge in [-0.3, -0.25) is 5.01 Å². The molecule has 0 amide bonds. The lowest BCUT2D eigenvalue weighted by Crippen LogP contribution is -2.50. The smallest absolute Gasteiger partial charge is 0.405 e. The van der Waals surface area contributed by atoms with Gasteiger partial charge in [-0.25, -0.2) is 14.2 Å². The number of rotatable bonds is 3. The molecule has 5 nitrogen and oxygen atoms in total. The molecule has 0 unspecified atom stereocenters. The first-order valence-electron chi connectivity index (χ1n) is 7.72. The van der Waals surface area contributed by atoms with Crippen molar-refractivity contribution < 1.29 is 27.5 Å². The Labute approximate surface area is 146 Å². The predicted octanol–water partition coefficient (Wildman–Crippen LogP) is 3.31. The maximum atomic E-state index is 13.2. The Hall–Kier alpha value is -2.68. The number of allylic oxidation sites excluding steroid dienone is 2. The molecular weight excluding hydrogens is 354 g/mol. The van der Waals surface area contributed by atoms with Gasteiger partial charge in [-0.05, 0) is 44.2 Å². The Bertz CT molecular complexity index is 841. The van der Waals surface area contributed by atoms with Crippen LogP contribution < -0.4 is 0 Å². The van der Waals surface area contributed by atoms with Crippen molar-refractivity contribution in [1.29, 1.82) is 0 Å². The second-order valence-electron chi connectivity index (χ2n) is 6.02. The minimum absolute atomic E-state index is 0.0621. The lowest BCUT2D eigenvalue weighted by atomic mass is 10.1. The highest BCUT2D eigenvalue weighted by atomic mass is 19.4. The number of alkyl halides is 3. The summed E-state index contributed by atoms with van der Waals surface area (Å²) in [5, 5.41) is 11.5. The SMILES string of the molecule is CC1=CC(c2ccc(F)cc2)=NC2=C(C(=O)O)CN([C@H](C)C(F)(F)F)N12. The molecule has 1 atom stereocenters. The molecule has 0 radical (unpaired) electrons. The number of hydrogen-bond acceptors (Lipinski definition) is 4. The molecule has 1 N–H and O–H groups in total. The Morgan fingerprint density at radius 3 is 2.42 bits per heavy atom. The summed E-state index contributed by atoms with van der Waals surface area (Å²) in [6.45, 7) is 2.12. The highest BCUT2D eigenvalue weighted by Gasteiger charge is 2.48. The second-order valence-corrected chi connectivity index (χ2v) is 6.02. The minimum atomic E-state index is -4.53. The van der Waals surface area contributed by atoms with Gasteiger partial charge in [-0.15, -0.1) is 0 Å². The number of benzene rings is 1. The minimum Gasteiger partial charge on any atom is -0.478 e. The summed E-state index contributed by atoms with van der Waals surface area (Å²) in [7, 11) is 0. The van der Waals surface area contributed by atoms with Crippen LogP contribution >= 0.6 is 0 Å². The van der Waals surface area contributed by atoms with E-state index in [-0.39, 0.29) is 11.4 Å². The molecule has 0 spiro atoms. The zero-order chi connectivity index (χ0) is 19.2. The van der Waals surface area contributed by atoms with Gasteiger partial charge in [0.05, 0.1) is 17.8 Å². The monoisotopic (exact) mass is 369 g/mol. The fourth-order valence-electron chi connectivity index (χ4n) is 2.85. The van der Waals surface area contributed by atoms with Crippen molar-refractivity contribution in [1.82, 2.24) is 10.0 Å². The molecule has 0 fully saturated rings. The third kappa shape index (κ3) is 3.10. The molecule has 0 bridgehead atoms. The van der Waals surface area contributed by atoms with Crippen molar-refractivity contribution in [3.8, 4) is 0 Å². The average Bonchev–Trinajstić information content (AvgIpc) is 2.94.